The molecular formula is C21H18O. The van der Waals surface area contributed by atoms with Crippen molar-refractivity contribution in [2.75, 3.05) is 0 Å². The average Bonchev–Trinajstić information content (AvgIpc) is 2.92. The van der Waals surface area contributed by atoms with E-state index in [4.69, 9.17) is 0 Å². The molecule has 1 aliphatic rings. The number of aryl methyl sites for hydroxylation is 1. The van der Waals surface area contributed by atoms with Crippen molar-refractivity contribution in [3.05, 3.63) is 94.5 Å². The van der Waals surface area contributed by atoms with E-state index in [1.165, 1.54) is 27.8 Å². The predicted octanol–water partition coefficient (Wildman–Crippen LogP) is 4.65. The lowest BCUT2D eigenvalue weighted by atomic mass is 9.96. The number of aliphatic hydroxyl groups excluding tert-OH is 1. The average molecular weight is 286 g/mol. The highest BCUT2D eigenvalue weighted by Crippen LogP contribution is 2.38. The van der Waals surface area contributed by atoms with Crippen LogP contribution in [0.4, 0.5) is 0 Å². The SMILES string of the molecule is Cc1ccc([C@@H](O)c2ccc3c(c2)Cc2ccccc2-3)cc1. The molecule has 0 spiro atoms. The lowest BCUT2D eigenvalue weighted by Gasteiger charge is -2.13. The van der Waals surface area contributed by atoms with Crippen LogP contribution < -0.4 is 0 Å². The summed E-state index contributed by atoms with van der Waals surface area (Å²) in [5.74, 6) is 0. The standard InChI is InChI=1S/C21H18O/c1-14-6-8-15(9-7-14)21(22)17-10-11-20-18(13-17)12-16-4-2-3-5-19(16)20/h2-11,13,21-22H,12H2,1H3/t21-/m1/s1. The third-order valence-electron chi connectivity index (χ3n) is 4.53. The van der Waals surface area contributed by atoms with Crippen LogP contribution in [0, 0.1) is 6.92 Å². The molecule has 0 saturated carbocycles. The van der Waals surface area contributed by atoms with E-state index in [2.05, 4.69) is 43.3 Å². The van der Waals surface area contributed by atoms with E-state index in [-0.39, 0.29) is 0 Å². The van der Waals surface area contributed by atoms with E-state index in [1.54, 1.807) is 0 Å². The Morgan fingerprint density at radius 3 is 2.27 bits per heavy atom. The molecule has 0 radical (unpaired) electrons. The minimum absolute atomic E-state index is 0.561. The van der Waals surface area contributed by atoms with Crippen LogP contribution >= 0.6 is 0 Å². The van der Waals surface area contributed by atoms with Crippen molar-refractivity contribution in [1.29, 1.82) is 0 Å². The Balaban J connectivity index is 1.71. The third kappa shape index (κ3) is 2.15. The fourth-order valence-electron chi connectivity index (χ4n) is 3.28. The summed E-state index contributed by atoms with van der Waals surface area (Å²) in [6.07, 6.45) is 0.398. The zero-order valence-corrected chi connectivity index (χ0v) is 12.6. The lowest BCUT2D eigenvalue weighted by molar-refractivity contribution is 0.220. The first-order chi connectivity index (χ1) is 10.7. The number of aliphatic hydroxyl groups is 1. The van der Waals surface area contributed by atoms with Gasteiger partial charge in [-0.1, -0.05) is 72.3 Å². The van der Waals surface area contributed by atoms with Crippen molar-refractivity contribution < 1.29 is 5.11 Å². The molecule has 4 rings (SSSR count). The highest BCUT2D eigenvalue weighted by atomic mass is 16.3. The summed E-state index contributed by atoms with van der Waals surface area (Å²) in [4.78, 5) is 0. The Labute approximate surface area is 130 Å². The summed E-state index contributed by atoms with van der Waals surface area (Å²) in [6, 6.07) is 23.0. The van der Waals surface area contributed by atoms with Crippen molar-refractivity contribution in [3.63, 3.8) is 0 Å². The predicted molar refractivity (Wildman–Crippen MR) is 89.9 cm³/mol. The number of fused-ring (bicyclic) bond motifs is 3. The van der Waals surface area contributed by atoms with E-state index >= 15 is 0 Å². The molecule has 0 saturated heterocycles. The molecular weight excluding hydrogens is 268 g/mol. The monoisotopic (exact) mass is 286 g/mol. The van der Waals surface area contributed by atoms with Gasteiger partial charge in [-0.2, -0.15) is 0 Å². The maximum Gasteiger partial charge on any atom is 0.104 e. The largest absolute Gasteiger partial charge is 0.384 e. The smallest absolute Gasteiger partial charge is 0.104 e. The fraction of sp³-hybridized carbons (Fsp3) is 0.143. The molecule has 0 fully saturated rings. The van der Waals surface area contributed by atoms with Gasteiger partial charge in [-0.3, -0.25) is 0 Å². The Bertz CT molecular complexity index is 831. The minimum atomic E-state index is -0.561. The van der Waals surface area contributed by atoms with E-state index in [9.17, 15) is 5.11 Å². The van der Waals surface area contributed by atoms with Gasteiger partial charge in [0.2, 0.25) is 0 Å². The van der Waals surface area contributed by atoms with Crippen molar-refractivity contribution in [3.8, 4) is 11.1 Å². The lowest BCUT2D eigenvalue weighted by Crippen LogP contribution is -2.00. The maximum atomic E-state index is 10.6. The summed E-state index contributed by atoms with van der Waals surface area (Å²) in [5, 5.41) is 10.6. The zero-order valence-electron chi connectivity index (χ0n) is 12.6. The Kier molecular flexibility index (Phi) is 3.09. The van der Waals surface area contributed by atoms with Gasteiger partial charge in [-0.25, -0.2) is 0 Å². The van der Waals surface area contributed by atoms with Crippen LogP contribution in [0.2, 0.25) is 0 Å². The van der Waals surface area contributed by atoms with Gasteiger partial charge < -0.3 is 5.11 Å². The normalized spacial score (nSPS) is 13.5. The molecule has 22 heavy (non-hydrogen) atoms. The topological polar surface area (TPSA) is 20.2 Å². The summed E-state index contributed by atoms with van der Waals surface area (Å²) in [7, 11) is 0. The first kappa shape index (κ1) is 13.3. The van der Waals surface area contributed by atoms with Gasteiger partial charge in [0.25, 0.3) is 0 Å². The van der Waals surface area contributed by atoms with Crippen molar-refractivity contribution in [2.45, 2.75) is 19.4 Å². The van der Waals surface area contributed by atoms with E-state index in [1.807, 2.05) is 30.3 Å². The first-order valence-corrected chi connectivity index (χ1v) is 7.68. The second-order valence-corrected chi connectivity index (χ2v) is 6.06. The molecule has 1 nitrogen and oxygen atoms in total. The molecule has 3 aromatic carbocycles. The van der Waals surface area contributed by atoms with E-state index in [0.717, 1.165) is 17.5 Å². The molecule has 108 valence electrons. The summed E-state index contributed by atoms with van der Waals surface area (Å²) in [5.41, 5.74) is 8.44. The second-order valence-electron chi connectivity index (χ2n) is 6.06. The van der Waals surface area contributed by atoms with E-state index in [0.29, 0.717) is 0 Å². The Morgan fingerprint density at radius 1 is 0.773 bits per heavy atom. The van der Waals surface area contributed by atoms with E-state index < -0.39 is 6.10 Å². The quantitative estimate of drug-likeness (QED) is 0.569. The van der Waals surface area contributed by atoms with Crippen LogP contribution in [-0.2, 0) is 6.42 Å². The second kappa shape index (κ2) is 5.11. The van der Waals surface area contributed by atoms with Crippen molar-refractivity contribution in [2.24, 2.45) is 0 Å². The van der Waals surface area contributed by atoms with Crippen LogP contribution in [0.15, 0.2) is 66.7 Å². The van der Waals surface area contributed by atoms with Gasteiger partial charge in [0.15, 0.2) is 0 Å². The van der Waals surface area contributed by atoms with Crippen LogP contribution in [0.3, 0.4) is 0 Å². The molecule has 0 unspecified atom stereocenters. The molecule has 1 aliphatic carbocycles. The van der Waals surface area contributed by atoms with Gasteiger partial charge in [0.1, 0.15) is 6.10 Å². The third-order valence-corrected chi connectivity index (χ3v) is 4.53. The highest BCUT2D eigenvalue weighted by molar-refractivity contribution is 5.77. The van der Waals surface area contributed by atoms with Crippen molar-refractivity contribution in [1.82, 2.24) is 0 Å². The molecule has 1 heteroatoms. The van der Waals surface area contributed by atoms with Gasteiger partial charge >= 0.3 is 0 Å². The number of rotatable bonds is 2. The highest BCUT2D eigenvalue weighted by Gasteiger charge is 2.19. The van der Waals surface area contributed by atoms with Crippen LogP contribution in [-0.4, -0.2) is 5.11 Å². The van der Waals surface area contributed by atoms with Crippen LogP contribution in [0.1, 0.15) is 33.9 Å². The molecule has 0 aliphatic heterocycles. The summed E-state index contributed by atoms with van der Waals surface area (Å²) in [6.45, 7) is 2.06. The first-order valence-electron chi connectivity index (χ1n) is 7.68. The molecule has 3 aromatic rings. The zero-order chi connectivity index (χ0) is 15.1. The van der Waals surface area contributed by atoms with Gasteiger partial charge in [0.05, 0.1) is 0 Å². The molecule has 1 atom stereocenters. The fourth-order valence-corrected chi connectivity index (χ4v) is 3.28. The molecule has 1 N–H and O–H groups in total. The van der Waals surface area contributed by atoms with Gasteiger partial charge in [-0.15, -0.1) is 0 Å². The van der Waals surface area contributed by atoms with Crippen LogP contribution in [0.5, 0.6) is 0 Å². The summed E-state index contributed by atoms with van der Waals surface area (Å²) < 4.78 is 0. The number of benzene rings is 3. The number of hydrogen-bond donors (Lipinski definition) is 1. The summed E-state index contributed by atoms with van der Waals surface area (Å²) >= 11 is 0. The molecule has 0 aromatic heterocycles. The molecule has 0 bridgehead atoms. The maximum absolute atomic E-state index is 10.6. The Morgan fingerprint density at radius 2 is 1.45 bits per heavy atom. The van der Waals surface area contributed by atoms with Crippen molar-refractivity contribution >= 4 is 0 Å². The Hall–Kier alpha value is -2.38. The van der Waals surface area contributed by atoms with Gasteiger partial charge in [-0.05, 0) is 46.7 Å². The van der Waals surface area contributed by atoms with Crippen LogP contribution in [0.25, 0.3) is 11.1 Å². The van der Waals surface area contributed by atoms with Gasteiger partial charge in [0, 0.05) is 0 Å². The molecule has 0 amide bonds. The number of hydrogen-bond acceptors (Lipinski definition) is 1. The molecule has 0 heterocycles. The minimum Gasteiger partial charge on any atom is -0.384 e.